The van der Waals surface area contributed by atoms with Crippen molar-refractivity contribution in [2.45, 2.75) is 4.90 Å². The molecule has 0 atom stereocenters. The molecule has 10 nitrogen and oxygen atoms in total. The van der Waals surface area contributed by atoms with E-state index in [0.29, 0.717) is 16.9 Å². The van der Waals surface area contributed by atoms with Crippen LogP contribution in [0.25, 0.3) is 16.9 Å². The zero-order chi connectivity index (χ0) is 24.5. The number of aromatic nitrogens is 2. The molecular weight excluding hydrogens is 458 g/mol. The standard InChI is InChI=1S/C23H19N5O5S/c24-15-7-4-8-17(13-15)28-21(14-5-2-1-3-6-14)19(23(30)31)20(27-28)22(29)26-16-9-11-18(12-10-16)34(25,32)33/h1-13H,24H2,(H,26,29)(H,30,31)(H2,25,32,33). The number of hydrogen-bond acceptors (Lipinski definition) is 6. The van der Waals surface area contributed by atoms with Gasteiger partial charge in [-0.15, -0.1) is 0 Å². The predicted octanol–water partition coefficient (Wildman–Crippen LogP) is 2.72. The zero-order valence-corrected chi connectivity index (χ0v) is 18.4. The van der Waals surface area contributed by atoms with E-state index in [-0.39, 0.29) is 27.5 Å². The van der Waals surface area contributed by atoms with Crippen molar-refractivity contribution in [1.29, 1.82) is 0 Å². The molecule has 1 amide bonds. The Hall–Kier alpha value is -4.48. The van der Waals surface area contributed by atoms with E-state index in [2.05, 4.69) is 10.4 Å². The van der Waals surface area contributed by atoms with Crippen molar-refractivity contribution in [2.24, 2.45) is 5.14 Å². The molecule has 4 aromatic rings. The van der Waals surface area contributed by atoms with Crippen LogP contribution in [0.2, 0.25) is 0 Å². The third-order valence-electron chi connectivity index (χ3n) is 4.92. The van der Waals surface area contributed by atoms with Gasteiger partial charge in [0.2, 0.25) is 10.0 Å². The van der Waals surface area contributed by atoms with Crippen LogP contribution in [0.1, 0.15) is 20.8 Å². The minimum atomic E-state index is -3.90. The first-order valence-corrected chi connectivity index (χ1v) is 11.4. The highest BCUT2D eigenvalue weighted by Crippen LogP contribution is 2.30. The van der Waals surface area contributed by atoms with Gasteiger partial charge in [0.1, 0.15) is 5.56 Å². The number of hydrogen-bond donors (Lipinski definition) is 4. The van der Waals surface area contributed by atoms with E-state index in [9.17, 15) is 23.1 Å². The smallest absolute Gasteiger partial charge is 0.340 e. The number of carboxylic acid groups (broad SMARTS) is 1. The van der Waals surface area contributed by atoms with E-state index in [1.165, 1.54) is 28.9 Å². The highest BCUT2D eigenvalue weighted by Gasteiger charge is 2.29. The molecule has 11 heteroatoms. The molecule has 1 heterocycles. The molecule has 34 heavy (non-hydrogen) atoms. The predicted molar refractivity (Wildman–Crippen MR) is 126 cm³/mol. The van der Waals surface area contributed by atoms with Crippen molar-refractivity contribution in [1.82, 2.24) is 9.78 Å². The summed E-state index contributed by atoms with van der Waals surface area (Å²) in [5.74, 6) is -2.13. The fourth-order valence-corrected chi connectivity index (χ4v) is 3.92. The summed E-state index contributed by atoms with van der Waals surface area (Å²) in [4.78, 5) is 25.3. The number of carbonyl (C=O) groups is 2. The fourth-order valence-electron chi connectivity index (χ4n) is 3.40. The first kappa shape index (κ1) is 22.7. The molecule has 4 rings (SSSR count). The molecule has 0 saturated carbocycles. The summed E-state index contributed by atoms with van der Waals surface area (Å²) in [7, 11) is -3.90. The lowest BCUT2D eigenvalue weighted by atomic mass is 10.0. The van der Waals surface area contributed by atoms with E-state index in [0.717, 1.165) is 0 Å². The monoisotopic (exact) mass is 477 g/mol. The molecule has 0 unspecified atom stereocenters. The maximum Gasteiger partial charge on any atom is 0.340 e. The lowest BCUT2D eigenvalue weighted by molar-refractivity contribution is 0.0693. The van der Waals surface area contributed by atoms with Gasteiger partial charge < -0.3 is 16.2 Å². The summed E-state index contributed by atoms with van der Waals surface area (Å²) in [6.07, 6.45) is 0. The number of carbonyl (C=O) groups excluding carboxylic acids is 1. The highest BCUT2D eigenvalue weighted by molar-refractivity contribution is 7.89. The van der Waals surface area contributed by atoms with Crippen molar-refractivity contribution in [2.75, 3.05) is 11.1 Å². The molecular formula is C23H19N5O5S. The second-order valence-electron chi connectivity index (χ2n) is 7.27. The topological polar surface area (TPSA) is 170 Å². The average Bonchev–Trinajstić information content (AvgIpc) is 3.21. The van der Waals surface area contributed by atoms with E-state index < -0.39 is 21.9 Å². The number of nitrogen functional groups attached to an aromatic ring is 1. The third kappa shape index (κ3) is 4.51. The van der Waals surface area contributed by atoms with Gasteiger partial charge in [0.25, 0.3) is 5.91 Å². The van der Waals surface area contributed by atoms with Crippen molar-refractivity contribution in [3.8, 4) is 16.9 Å². The number of carboxylic acids is 1. The summed E-state index contributed by atoms with van der Waals surface area (Å²) in [5, 5.41) is 22.0. The number of amides is 1. The number of primary sulfonamides is 1. The Labute approximate surface area is 194 Å². The molecule has 0 radical (unpaired) electrons. The second-order valence-corrected chi connectivity index (χ2v) is 8.84. The molecule has 6 N–H and O–H groups in total. The van der Waals surface area contributed by atoms with Crippen molar-refractivity contribution in [3.63, 3.8) is 0 Å². The lowest BCUT2D eigenvalue weighted by Gasteiger charge is -2.09. The molecule has 0 aliphatic heterocycles. The Bertz CT molecular complexity index is 1500. The number of nitrogens with zero attached hydrogens (tertiary/aromatic N) is 2. The zero-order valence-electron chi connectivity index (χ0n) is 17.5. The Morgan fingerprint density at radius 3 is 2.21 bits per heavy atom. The Morgan fingerprint density at radius 1 is 0.941 bits per heavy atom. The summed E-state index contributed by atoms with van der Waals surface area (Å²) >= 11 is 0. The average molecular weight is 478 g/mol. The van der Waals surface area contributed by atoms with Crippen LogP contribution in [-0.4, -0.2) is 35.2 Å². The number of aromatic carboxylic acids is 1. The molecule has 0 spiro atoms. The summed E-state index contributed by atoms with van der Waals surface area (Å²) < 4.78 is 24.2. The van der Waals surface area contributed by atoms with Gasteiger partial charge in [0.05, 0.1) is 16.3 Å². The molecule has 0 bridgehead atoms. The Morgan fingerprint density at radius 2 is 1.62 bits per heavy atom. The van der Waals surface area contributed by atoms with E-state index in [1.54, 1.807) is 54.6 Å². The maximum absolute atomic E-state index is 13.1. The number of sulfonamides is 1. The maximum atomic E-state index is 13.1. The van der Waals surface area contributed by atoms with Crippen LogP contribution in [0, 0.1) is 0 Å². The Kier molecular flexibility index (Phi) is 5.88. The molecule has 172 valence electrons. The minimum absolute atomic E-state index is 0.131. The van der Waals surface area contributed by atoms with Gasteiger partial charge in [-0.3, -0.25) is 4.79 Å². The van der Waals surface area contributed by atoms with Gasteiger partial charge in [-0.1, -0.05) is 36.4 Å². The van der Waals surface area contributed by atoms with Crippen molar-refractivity contribution >= 4 is 33.3 Å². The fraction of sp³-hybridized carbons (Fsp3) is 0. The quantitative estimate of drug-likeness (QED) is 0.309. The highest BCUT2D eigenvalue weighted by atomic mass is 32.2. The minimum Gasteiger partial charge on any atom is -0.478 e. The van der Waals surface area contributed by atoms with Crippen LogP contribution in [-0.2, 0) is 10.0 Å². The molecule has 0 fully saturated rings. The lowest BCUT2D eigenvalue weighted by Crippen LogP contribution is -2.17. The number of nitrogens with two attached hydrogens (primary N) is 2. The molecule has 0 saturated heterocycles. The first-order chi connectivity index (χ1) is 16.1. The molecule has 3 aromatic carbocycles. The first-order valence-electron chi connectivity index (χ1n) is 9.87. The van der Waals surface area contributed by atoms with Gasteiger partial charge in [0, 0.05) is 16.9 Å². The van der Waals surface area contributed by atoms with Gasteiger partial charge in [-0.05, 0) is 42.5 Å². The summed E-state index contributed by atoms with van der Waals surface area (Å²) in [6.45, 7) is 0. The van der Waals surface area contributed by atoms with E-state index in [4.69, 9.17) is 10.9 Å². The van der Waals surface area contributed by atoms with E-state index in [1.807, 2.05) is 0 Å². The molecule has 1 aromatic heterocycles. The van der Waals surface area contributed by atoms with E-state index >= 15 is 0 Å². The van der Waals surface area contributed by atoms with Gasteiger partial charge >= 0.3 is 5.97 Å². The van der Waals surface area contributed by atoms with Crippen molar-refractivity contribution in [3.05, 3.63) is 90.1 Å². The summed E-state index contributed by atoms with van der Waals surface area (Å²) in [6, 6.07) is 20.5. The number of nitrogens with one attached hydrogen (secondary N) is 1. The largest absolute Gasteiger partial charge is 0.478 e. The van der Waals surface area contributed by atoms with Crippen LogP contribution in [0.5, 0.6) is 0 Å². The molecule has 0 aliphatic carbocycles. The van der Waals surface area contributed by atoms with Crippen LogP contribution < -0.4 is 16.2 Å². The number of benzene rings is 3. The van der Waals surface area contributed by atoms with Crippen LogP contribution in [0.3, 0.4) is 0 Å². The SMILES string of the molecule is Nc1cccc(-n2nc(C(=O)Nc3ccc(S(N)(=O)=O)cc3)c(C(=O)O)c2-c2ccccc2)c1. The van der Waals surface area contributed by atoms with Gasteiger partial charge in [-0.2, -0.15) is 5.10 Å². The van der Waals surface area contributed by atoms with Gasteiger partial charge in [-0.25, -0.2) is 23.0 Å². The third-order valence-corrected chi connectivity index (χ3v) is 5.85. The van der Waals surface area contributed by atoms with Crippen LogP contribution in [0.15, 0.2) is 83.8 Å². The summed E-state index contributed by atoms with van der Waals surface area (Å²) in [5.41, 5.74) is 7.15. The Balaban J connectivity index is 1.84. The second kappa shape index (κ2) is 8.81. The van der Waals surface area contributed by atoms with Gasteiger partial charge in [0.15, 0.2) is 5.69 Å². The van der Waals surface area contributed by atoms with Crippen LogP contribution >= 0.6 is 0 Å². The number of anilines is 2. The van der Waals surface area contributed by atoms with Crippen LogP contribution in [0.4, 0.5) is 11.4 Å². The molecule has 0 aliphatic rings. The van der Waals surface area contributed by atoms with Crippen molar-refractivity contribution < 1.29 is 23.1 Å². The normalized spacial score (nSPS) is 11.2. The number of rotatable bonds is 6.